The summed E-state index contributed by atoms with van der Waals surface area (Å²) in [5.74, 6) is -1.33. The standard InChI is InChI=1S/C15H21NO4/c17-14(9-7-10-5-6-11(8-9)20-10)16-13-4-2-1-3-12(13)15(18)19/h1-2,9-13H,3-8H2,(H,16,17)(H,18,19)/t9?,10-,11+,12-,13+/m1/s1. The van der Waals surface area contributed by atoms with Gasteiger partial charge in [0.05, 0.1) is 18.1 Å². The van der Waals surface area contributed by atoms with E-state index in [-0.39, 0.29) is 30.1 Å². The van der Waals surface area contributed by atoms with Gasteiger partial charge in [-0.15, -0.1) is 0 Å². The van der Waals surface area contributed by atoms with Crippen molar-refractivity contribution in [3.05, 3.63) is 12.2 Å². The second-order valence-corrected chi connectivity index (χ2v) is 6.13. The summed E-state index contributed by atoms with van der Waals surface area (Å²) in [5.41, 5.74) is 0. The molecule has 0 saturated carbocycles. The van der Waals surface area contributed by atoms with Gasteiger partial charge in [0.2, 0.25) is 5.91 Å². The Morgan fingerprint density at radius 1 is 1.10 bits per heavy atom. The minimum absolute atomic E-state index is 0.0109. The molecule has 3 aliphatic rings. The Kier molecular flexibility index (Phi) is 3.78. The summed E-state index contributed by atoms with van der Waals surface area (Å²) in [6.45, 7) is 0. The Labute approximate surface area is 118 Å². The Morgan fingerprint density at radius 3 is 2.40 bits per heavy atom. The molecule has 2 fully saturated rings. The van der Waals surface area contributed by atoms with E-state index in [1.807, 2.05) is 12.2 Å². The van der Waals surface area contributed by atoms with E-state index in [0.29, 0.717) is 12.8 Å². The van der Waals surface area contributed by atoms with Crippen LogP contribution < -0.4 is 5.32 Å². The predicted octanol–water partition coefficient (Wildman–Crippen LogP) is 1.48. The summed E-state index contributed by atoms with van der Waals surface area (Å²) in [6.07, 6.45) is 9.07. The van der Waals surface area contributed by atoms with Crippen LogP contribution in [0.1, 0.15) is 38.5 Å². The first-order valence-electron chi connectivity index (χ1n) is 7.47. The second-order valence-electron chi connectivity index (χ2n) is 6.13. The number of aliphatic carboxylic acids is 1. The number of allylic oxidation sites excluding steroid dienone is 1. The molecule has 110 valence electrons. The molecule has 2 aliphatic heterocycles. The van der Waals surface area contributed by atoms with Crippen LogP contribution in [0.2, 0.25) is 0 Å². The lowest BCUT2D eigenvalue weighted by Gasteiger charge is -2.31. The van der Waals surface area contributed by atoms with E-state index in [9.17, 15) is 14.7 Å². The number of carboxylic acids is 1. The molecule has 1 amide bonds. The van der Waals surface area contributed by atoms with E-state index in [1.165, 1.54) is 0 Å². The van der Waals surface area contributed by atoms with Gasteiger partial charge in [0.25, 0.3) is 0 Å². The van der Waals surface area contributed by atoms with Crippen molar-refractivity contribution in [2.45, 2.75) is 56.8 Å². The van der Waals surface area contributed by atoms with Crippen LogP contribution >= 0.6 is 0 Å². The molecule has 0 aromatic heterocycles. The number of ether oxygens (including phenoxy) is 1. The molecule has 5 heteroatoms. The van der Waals surface area contributed by atoms with Crippen LogP contribution in [-0.2, 0) is 14.3 Å². The highest BCUT2D eigenvalue weighted by Gasteiger charge is 2.39. The number of amides is 1. The Balaban J connectivity index is 1.60. The van der Waals surface area contributed by atoms with Crippen molar-refractivity contribution < 1.29 is 19.4 Å². The first-order chi connectivity index (χ1) is 9.63. The summed E-state index contributed by atoms with van der Waals surface area (Å²) in [5, 5.41) is 12.2. The predicted molar refractivity (Wildman–Crippen MR) is 72.0 cm³/mol. The minimum Gasteiger partial charge on any atom is -0.481 e. The lowest BCUT2D eigenvalue weighted by molar-refractivity contribution is -0.143. The summed E-state index contributed by atoms with van der Waals surface area (Å²) >= 11 is 0. The van der Waals surface area contributed by atoms with E-state index in [4.69, 9.17) is 4.74 Å². The van der Waals surface area contributed by atoms with E-state index < -0.39 is 11.9 Å². The molecule has 2 N–H and O–H groups in total. The number of rotatable bonds is 3. The third kappa shape index (κ3) is 2.73. The van der Waals surface area contributed by atoms with Crippen molar-refractivity contribution in [1.29, 1.82) is 0 Å². The lowest BCUT2D eigenvalue weighted by atomic mass is 9.87. The van der Waals surface area contributed by atoms with E-state index in [1.54, 1.807) is 0 Å². The third-order valence-corrected chi connectivity index (χ3v) is 4.74. The van der Waals surface area contributed by atoms with Crippen molar-refractivity contribution in [3.63, 3.8) is 0 Å². The summed E-state index contributed by atoms with van der Waals surface area (Å²) < 4.78 is 5.74. The van der Waals surface area contributed by atoms with Gasteiger partial charge in [-0.25, -0.2) is 0 Å². The second kappa shape index (κ2) is 5.56. The van der Waals surface area contributed by atoms with Crippen molar-refractivity contribution >= 4 is 11.9 Å². The molecule has 1 unspecified atom stereocenters. The molecule has 2 bridgehead atoms. The van der Waals surface area contributed by atoms with Gasteiger partial charge >= 0.3 is 5.97 Å². The first kappa shape index (κ1) is 13.6. The van der Waals surface area contributed by atoms with Gasteiger partial charge in [0, 0.05) is 12.0 Å². The molecule has 2 heterocycles. The van der Waals surface area contributed by atoms with Gasteiger partial charge < -0.3 is 15.2 Å². The number of hydrogen-bond donors (Lipinski definition) is 2. The molecule has 5 atom stereocenters. The fourth-order valence-corrected chi connectivity index (χ4v) is 3.62. The highest BCUT2D eigenvalue weighted by molar-refractivity contribution is 5.80. The summed E-state index contributed by atoms with van der Waals surface area (Å²) in [6, 6.07) is -0.273. The number of carbonyl (C=O) groups is 2. The maximum Gasteiger partial charge on any atom is 0.308 e. The highest BCUT2D eigenvalue weighted by Crippen LogP contribution is 2.36. The molecule has 5 nitrogen and oxygen atoms in total. The van der Waals surface area contributed by atoms with Gasteiger partial charge in [-0.1, -0.05) is 12.2 Å². The fourth-order valence-electron chi connectivity index (χ4n) is 3.62. The topological polar surface area (TPSA) is 75.6 Å². The Bertz CT molecular complexity index is 422. The molecule has 20 heavy (non-hydrogen) atoms. The monoisotopic (exact) mass is 279 g/mol. The van der Waals surface area contributed by atoms with Crippen molar-refractivity contribution in [1.82, 2.24) is 5.32 Å². The number of fused-ring (bicyclic) bond motifs is 2. The number of hydrogen-bond acceptors (Lipinski definition) is 3. The summed E-state index contributed by atoms with van der Waals surface area (Å²) in [4.78, 5) is 23.6. The smallest absolute Gasteiger partial charge is 0.308 e. The van der Waals surface area contributed by atoms with Gasteiger partial charge in [0.1, 0.15) is 0 Å². The maximum absolute atomic E-state index is 12.4. The average molecular weight is 279 g/mol. The van der Waals surface area contributed by atoms with E-state index >= 15 is 0 Å². The van der Waals surface area contributed by atoms with Crippen LogP contribution in [0.4, 0.5) is 0 Å². The summed E-state index contributed by atoms with van der Waals surface area (Å²) in [7, 11) is 0. The van der Waals surface area contributed by atoms with Crippen molar-refractivity contribution in [3.8, 4) is 0 Å². The van der Waals surface area contributed by atoms with Gasteiger partial charge in [-0.05, 0) is 38.5 Å². The zero-order chi connectivity index (χ0) is 14.1. The SMILES string of the molecule is O=C(N[C@H]1CC=CC[C@H]1C(=O)O)C1C[C@H]2CC[C@@H](C1)O2. The normalized spacial score (nSPS) is 39.5. The van der Waals surface area contributed by atoms with Crippen LogP contribution in [-0.4, -0.2) is 35.2 Å². The zero-order valence-electron chi connectivity index (χ0n) is 11.5. The van der Waals surface area contributed by atoms with Crippen LogP contribution in [0.25, 0.3) is 0 Å². The van der Waals surface area contributed by atoms with Crippen LogP contribution in [0, 0.1) is 11.8 Å². The first-order valence-corrected chi connectivity index (χ1v) is 7.47. The number of carbonyl (C=O) groups excluding carboxylic acids is 1. The van der Waals surface area contributed by atoms with Crippen molar-refractivity contribution in [2.24, 2.45) is 11.8 Å². The van der Waals surface area contributed by atoms with Crippen LogP contribution in [0.3, 0.4) is 0 Å². The molecule has 2 saturated heterocycles. The Morgan fingerprint density at radius 2 is 1.75 bits per heavy atom. The Hall–Kier alpha value is -1.36. The molecular formula is C15H21NO4. The van der Waals surface area contributed by atoms with E-state index in [0.717, 1.165) is 25.7 Å². The van der Waals surface area contributed by atoms with Gasteiger partial charge in [-0.2, -0.15) is 0 Å². The largest absolute Gasteiger partial charge is 0.481 e. The molecule has 0 spiro atoms. The highest BCUT2D eigenvalue weighted by atomic mass is 16.5. The van der Waals surface area contributed by atoms with Crippen LogP contribution in [0.15, 0.2) is 12.2 Å². The molecular weight excluding hydrogens is 258 g/mol. The van der Waals surface area contributed by atoms with Gasteiger partial charge in [0.15, 0.2) is 0 Å². The van der Waals surface area contributed by atoms with E-state index in [2.05, 4.69) is 5.32 Å². The van der Waals surface area contributed by atoms with Gasteiger partial charge in [-0.3, -0.25) is 9.59 Å². The lowest BCUT2D eigenvalue weighted by Crippen LogP contribution is -2.47. The van der Waals surface area contributed by atoms with Crippen molar-refractivity contribution in [2.75, 3.05) is 0 Å². The minimum atomic E-state index is -0.827. The number of carboxylic acid groups (broad SMARTS) is 1. The zero-order valence-corrected chi connectivity index (χ0v) is 11.5. The van der Waals surface area contributed by atoms with Crippen LogP contribution in [0.5, 0.6) is 0 Å². The molecule has 0 aromatic carbocycles. The number of nitrogens with one attached hydrogen (secondary N) is 1. The average Bonchev–Trinajstić information content (AvgIpc) is 2.77. The fraction of sp³-hybridized carbons (Fsp3) is 0.733. The molecule has 0 radical (unpaired) electrons. The maximum atomic E-state index is 12.4. The molecule has 1 aliphatic carbocycles. The molecule has 3 rings (SSSR count). The third-order valence-electron chi connectivity index (χ3n) is 4.74. The molecule has 0 aromatic rings. The quantitative estimate of drug-likeness (QED) is 0.767.